The molecule has 0 amide bonds. The Bertz CT molecular complexity index is 750. The van der Waals surface area contributed by atoms with Crippen LogP contribution in [0.4, 0.5) is 0 Å². The standard InChI is InChI=1S/C22H30O8/c1-5-12(2)21(26)30-20-18-13(3)22(27)29-17(18)9-15(10-23)7-6-8-16(11-24)19(20)28-14(4)25/h8-9,12,17-20,23-24H,3,5-7,10-11H2,1-2,4H3/b15-9+,16-8-/t12-,17+,18-,19-,20-/m0/s1. The number of aliphatic hydroxyl groups is 2. The zero-order chi connectivity index (χ0) is 22.4. The molecule has 1 fully saturated rings. The van der Waals surface area contributed by atoms with Crippen molar-refractivity contribution in [3.8, 4) is 0 Å². The van der Waals surface area contributed by atoms with Crippen LogP contribution >= 0.6 is 0 Å². The van der Waals surface area contributed by atoms with Crippen LogP contribution in [0.3, 0.4) is 0 Å². The predicted molar refractivity (Wildman–Crippen MR) is 107 cm³/mol. The van der Waals surface area contributed by atoms with E-state index in [0.717, 1.165) is 0 Å². The molecular formula is C22H30O8. The number of hydrogen-bond donors (Lipinski definition) is 2. The Kier molecular flexibility index (Phi) is 8.37. The van der Waals surface area contributed by atoms with Crippen LogP contribution in [0, 0.1) is 11.8 Å². The van der Waals surface area contributed by atoms with Gasteiger partial charge in [0.15, 0.2) is 12.2 Å². The number of carbonyl (C=O) groups excluding carboxylic acids is 3. The Morgan fingerprint density at radius 3 is 2.57 bits per heavy atom. The van der Waals surface area contributed by atoms with E-state index in [0.29, 0.717) is 30.4 Å². The molecule has 2 rings (SSSR count). The second-order valence-electron chi connectivity index (χ2n) is 7.62. The minimum absolute atomic E-state index is 0.0745. The van der Waals surface area contributed by atoms with Gasteiger partial charge in [0.2, 0.25) is 0 Å². The highest BCUT2D eigenvalue weighted by Gasteiger charge is 2.49. The fourth-order valence-electron chi connectivity index (χ4n) is 3.56. The van der Waals surface area contributed by atoms with E-state index in [1.165, 1.54) is 6.92 Å². The summed E-state index contributed by atoms with van der Waals surface area (Å²) in [6.45, 7) is 7.89. The van der Waals surface area contributed by atoms with Crippen LogP contribution in [0.2, 0.25) is 0 Å². The maximum absolute atomic E-state index is 12.7. The number of allylic oxidation sites excluding steroid dienone is 1. The Labute approximate surface area is 176 Å². The highest BCUT2D eigenvalue weighted by Crippen LogP contribution is 2.37. The van der Waals surface area contributed by atoms with Gasteiger partial charge in [0.25, 0.3) is 0 Å². The molecule has 8 nitrogen and oxygen atoms in total. The fraction of sp³-hybridized carbons (Fsp3) is 0.591. The topological polar surface area (TPSA) is 119 Å². The molecule has 0 aromatic heterocycles. The third-order valence-electron chi connectivity index (χ3n) is 5.50. The van der Waals surface area contributed by atoms with Gasteiger partial charge in [0.05, 0.1) is 25.0 Å². The van der Waals surface area contributed by atoms with Crippen molar-refractivity contribution in [2.24, 2.45) is 11.8 Å². The second-order valence-corrected chi connectivity index (χ2v) is 7.62. The van der Waals surface area contributed by atoms with Crippen molar-refractivity contribution in [2.75, 3.05) is 13.2 Å². The van der Waals surface area contributed by atoms with Crippen molar-refractivity contribution in [3.63, 3.8) is 0 Å². The zero-order valence-corrected chi connectivity index (χ0v) is 17.6. The highest BCUT2D eigenvalue weighted by atomic mass is 16.6. The summed E-state index contributed by atoms with van der Waals surface area (Å²) in [5.74, 6) is -3.07. The average molecular weight is 422 g/mol. The lowest BCUT2D eigenvalue weighted by atomic mass is 9.83. The molecule has 0 bridgehead atoms. The number of ether oxygens (including phenoxy) is 3. The number of aliphatic hydroxyl groups excluding tert-OH is 2. The molecular weight excluding hydrogens is 392 g/mol. The third-order valence-corrected chi connectivity index (χ3v) is 5.50. The first kappa shape index (κ1) is 23.8. The van der Waals surface area contributed by atoms with E-state index < -0.39 is 54.7 Å². The predicted octanol–water partition coefficient (Wildman–Crippen LogP) is 1.60. The largest absolute Gasteiger partial charge is 0.457 e. The summed E-state index contributed by atoms with van der Waals surface area (Å²) in [4.78, 5) is 36.8. The number of fused-ring (bicyclic) bond motifs is 1. The van der Waals surface area contributed by atoms with Gasteiger partial charge < -0.3 is 24.4 Å². The maximum Gasteiger partial charge on any atom is 0.334 e. The summed E-state index contributed by atoms with van der Waals surface area (Å²) >= 11 is 0. The summed E-state index contributed by atoms with van der Waals surface area (Å²) < 4.78 is 16.7. The molecule has 0 aromatic carbocycles. The van der Waals surface area contributed by atoms with Crippen molar-refractivity contribution in [1.29, 1.82) is 0 Å². The van der Waals surface area contributed by atoms with E-state index >= 15 is 0 Å². The Hall–Kier alpha value is -2.45. The monoisotopic (exact) mass is 422 g/mol. The second kappa shape index (κ2) is 10.5. The summed E-state index contributed by atoms with van der Waals surface area (Å²) in [6, 6.07) is 0. The molecule has 8 heteroatoms. The zero-order valence-electron chi connectivity index (χ0n) is 17.6. The fourth-order valence-corrected chi connectivity index (χ4v) is 3.56. The van der Waals surface area contributed by atoms with Crippen molar-refractivity contribution < 1.29 is 38.8 Å². The van der Waals surface area contributed by atoms with Crippen LogP contribution in [0.15, 0.2) is 35.5 Å². The number of carbonyl (C=O) groups is 3. The molecule has 0 radical (unpaired) electrons. The van der Waals surface area contributed by atoms with Crippen LogP contribution in [-0.4, -0.2) is 59.6 Å². The first-order valence-electron chi connectivity index (χ1n) is 10.1. The SMILES string of the molecule is C=C1C(=O)O[C@@H]2/C=C(/CO)CC/C=C(/CO)[C@H](OC(C)=O)[C@@H](OC(=O)[C@@H](C)CC)[C@@H]12. The molecule has 1 heterocycles. The maximum atomic E-state index is 12.7. The van der Waals surface area contributed by atoms with E-state index in [9.17, 15) is 24.6 Å². The molecule has 0 saturated carbocycles. The van der Waals surface area contributed by atoms with Crippen LogP contribution in [-0.2, 0) is 28.6 Å². The van der Waals surface area contributed by atoms with E-state index in [4.69, 9.17) is 14.2 Å². The molecule has 1 aliphatic carbocycles. The van der Waals surface area contributed by atoms with Gasteiger partial charge in [-0.1, -0.05) is 26.5 Å². The molecule has 30 heavy (non-hydrogen) atoms. The molecule has 2 N–H and O–H groups in total. The molecule has 0 spiro atoms. The van der Waals surface area contributed by atoms with Crippen molar-refractivity contribution in [2.45, 2.75) is 58.3 Å². The molecule has 5 atom stereocenters. The van der Waals surface area contributed by atoms with Crippen LogP contribution in [0.25, 0.3) is 0 Å². The molecule has 1 saturated heterocycles. The highest BCUT2D eigenvalue weighted by molar-refractivity contribution is 5.91. The van der Waals surface area contributed by atoms with Gasteiger partial charge in [-0.05, 0) is 36.5 Å². The Morgan fingerprint density at radius 2 is 2.00 bits per heavy atom. The summed E-state index contributed by atoms with van der Waals surface area (Å²) in [6.07, 6.45) is 1.67. The quantitative estimate of drug-likeness (QED) is 0.287. The summed E-state index contributed by atoms with van der Waals surface area (Å²) in [7, 11) is 0. The minimum atomic E-state index is -1.13. The summed E-state index contributed by atoms with van der Waals surface area (Å²) in [5, 5.41) is 19.6. The van der Waals surface area contributed by atoms with Gasteiger partial charge >= 0.3 is 17.9 Å². The Balaban J connectivity index is 2.61. The lowest BCUT2D eigenvalue weighted by molar-refractivity contribution is -0.171. The third kappa shape index (κ3) is 5.37. The van der Waals surface area contributed by atoms with Crippen LogP contribution < -0.4 is 0 Å². The Morgan fingerprint density at radius 1 is 1.30 bits per heavy atom. The molecule has 0 aromatic rings. The van der Waals surface area contributed by atoms with Crippen molar-refractivity contribution in [3.05, 3.63) is 35.5 Å². The van der Waals surface area contributed by atoms with E-state index in [1.807, 2.05) is 6.92 Å². The van der Waals surface area contributed by atoms with Crippen molar-refractivity contribution in [1.82, 2.24) is 0 Å². The normalized spacial score (nSPS) is 31.4. The number of hydrogen-bond acceptors (Lipinski definition) is 8. The number of esters is 3. The number of rotatable bonds is 6. The first-order valence-corrected chi connectivity index (χ1v) is 10.1. The van der Waals surface area contributed by atoms with Crippen molar-refractivity contribution >= 4 is 17.9 Å². The lowest BCUT2D eigenvalue weighted by Crippen LogP contribution is -2.46. The van der Waals surface area contributed by atoms with Gasteiger partial charge in [-0.15, -0.1) is 0 Å². The molecule has 2 aliphatic rings. The average Bonchev–Trinajstić information content (AvgIpc) is 2.99. The lowest BCUT2D eigenvalue weighted by Gasteiger charge is -2.34. The van der Waals surface area contributed by atoms with Gasteiger partial charge in [0.1, 0.15) is 6.10 Å². The van der Waals surface area contributed by atoms with E-state index in [2.05, 4.69) is 6.58 Å². The van der Waals surface area contributed by atoms with Crippen LogP contribution in [0.5, 0.6) is 0 Å². The molecule has 166 valence electrons. The van der Waals surface area contributed by atoms with Gasteiger partial charge in [-0.3, -0.25) is 9.59 Å². The van der Waals surface area contributed by atoms with E-state index in [-0.39, 0.29) is 12.2 Å². The van der Waals surface area contributed by atoms with Gasteiger partial charge in [-0.25, -0.2) is 4.79 Å². The smallest absolute Gasteiger partial charge is 0.334 e. The van der Waals surface area contributed by atoms with Crippen LogP contribution in [0.1, 0.15) is 40.0 Å². The summed E-state index contributed by atoms with van der Waals surface area (Å²) in [5.41, 5.74) is 1.06. The molecule has 1 aliphatic heterocycles. The minimum Gasteiger partial charge on any atom is -0.457 e. The van der Waals surface area contributed by atoms with E-state index in [1.54, 1.807) is 19.1 Å². The first-order chi connectivity index (χ1) is 14.2. The van der Waals surface area contributed by atoms with Gasteiger partial charge in [0, 0.05) is 12.5 Å². The molecule has 0 unspecified atom stereocenters. The van der Waals surface area contributed by atoms with Gasteiger partial charge in [-0.2, -0.15) is 0 Å².